The van der Waals surface area contributed by atoms with E-state index in [-0.39, 0.29) is 68.8 Å². The number of halogens is 1. The molecule has 1 atom stereocenters. The van der Waals surface area contributed by atoms with Crippen molar-refractivity contribution in [2.75, 3.05) is 37.9 Å². The number of nitrogens with two attached hydrogens (primary N) is 2. The molecule has 4 rings (SSSR count). The lowest BCUT2D eigenvalue weighted by Gasteiger charge is -2.31. The van der Waals surface area contributed by atoms with Gasteiger partial charge in [0.25, 0.3) is 0 Å². The Bertz CT molecular complexity index is 1320. The van der Waals surface area contributed by atoms with Crippen LogP contribution in [-0.2, 0) is 9.47 Å². The highest BCUT2D eigenvalue weighted by Gasteiger charge is 2.25. The van der Waals surface area contributed by atoms with Crippen molar-refractivity contribution in [2.24, 2.45) is 0 Å². The third-order valence-corrected chi connectivity index (χ3v) is 5.59. The van der Waals surface area contributed by atoms with E-state index in [1.165, 1.54) is 24.4 Å². The van der Waals surface area contributed by atoms with Gasteiger partial charge in [0, 0.05) is 23.0 Å². The van der Waals surface area contributed by atoms with E-state index >= 15 is 0 Å². The summed E-state index contributed by atoms with van der Waals surface area (Å²) in [6.45, 7) is 1.25. The lowest BCUT2D eigenvalue weighted by atomic mass is 9.52. The molecule has 0 bridgehead atoms. The molecule has 1 fully saturated rings. The highest BCUT2D eigenvalue weighted by molar-refractivity contribution is 6.59. The topological polar surface area (TPSA) is 102 Å². The van der Waals surface area contributed by atoms with Gasteiger partial charge >= 0.3 is 0 Å². The zero-order valence-corrected chi connectivity index (χ0v) is 19.9. The molecule has 7 nitrogen and oxygen atoms in total. The molecule has 1 aliphatic rings. The first-order valence-corrected chi connectivity index (χ1v) is 11.2. The summed E-state index contributed by atoms with van der Waals surface area (Å²) in [4.78, 5) is 4.18. The van der Waals surface area contributed by atoms with Crippen molar-refractivity contribution in [1.29, 1.82) is 0 Å². The Balaban J connectivity index is 1.83. The molecule has 12 radical (unpaired) electrons. The molecule has 1 aliphatic heterocycles. The van der Waals surface area contributed by atoms with Crippen molar-refractivity contribution < 1.29 is 23.3 Å². The Hall–Kier alpha value is -2.97. The molecule has 174 valence electrons. The number of nitrogens with zero attached hydrogens (tertiary/aromatic N) is 1. The maximum atomic E-state index is 14.7. The summed E-state index contributed by atoms with van der Waals surface area (Å²) in [5, 5.41) is -2.14. The predicted molar refractivity (Wildman–Crippen MR) is 147 cm³/mol. The van der Waals surface area contributed by atoms with Crippen LogP contribution in [0.3, 0.4) is 0 Å². The van der Waals surface area contributed by atoms with Gasteiger partial charge in [-0.25, -0.2) is 9.37 Å². The monoisotopic (exact) mass is 485 g/mol. The summed E-state index contributed by atoms with van der Waals surface area (Å²) in [5.74, 6) is -0.713. The van der Waals surface area contributed by atoms with Gasteiger partial charge in [-0.2, -0.15) is 0 Å². The van der Waals surface area contributed by atoms with Crippen LogP contribution in [-0.4, -0.2) is 89.9 Å². The SMILES string of the molecule is [B]c1c([B])c(-c2cnc(N)c(-c3ccc(N)cc3F)c2)c([B])c(OC([B])([B])[B])c1OC[C@H]1COCCO1. The number of benzene rings is 2. The van der Waals surface area contributed by atoms with Crippen LogP contribution in [0, 0.1) is 5.82 Å². The second-order valence-electron chi connectivity index (χ2n) is 8.50. The molecule has 0 aliphatic carbocycles. The van der Waals surface area contributed by atoms with Crippen molar-refractivity contribution in [3.8, 4) is 33.8 Å². The first kappa shape index (κ1) is 27.1. The standard InChI is InChI=1S/C23H18B6FN3O4/c24-17-16(10-5-14(22(32)33-7-10)13-2-1-11(31)6-15(13)30)18(25)21(37-23(27,28)29)20(19(17)26)36-9-12-8-34-3-4-35-12/h1-2,5-7,12H,3-4,8-9,31H2,(H2,32,33)/t12-/m1/s1. The molecule has 1 aromatic heterocycles. The van der Waals surface area contributed by atoms with Crippen LogP contribution in [0.1, 0.15) is 0 Å². The van der Waals surface area contributed by atoms with Gasteiger partial charge in [-0.3, -0.25) is 0 Å². The minimum Gasteiger partial charge on any atom is -0.513 e. The Morgan fingerprint density at radius 2 is 1.76 bits per heavy atom. The minimum absolute atomic E-state index is 0.0304. The number of nitrogen functional groups attached to an aromatic ring is 2. The number of hydrogen-bond donors (Lipinski definition) is 2. The molecule has 2 heterocycles. The van der Waals surface area contributed by atoms with Crippen molar-refractivity contribution in [3.63, 3.8) is 0 Å². The summed E-state index contributed by atoms with van der Waals surface area (Å²) in [6.07, 6.45) is 1.02. The Labute approximate surface area is 222 Å². The molecule has 2 aromatic carbocycles. The van der Waals surface area contributed by atoms with Gasteiger partial charge in [0.05, 0.1) is 19.8 Å². The van der Waals surface area contributed by atoms with Gasteiger partial charge in [-0.15, -0.1) is 0 Å². The van der Waals surface area contributed by atoms with Crippen LogP contribution in [0.25, 0.3) is 22.3 Å². The van der Waals surface area contributed by atoms with E-state index in [2.05, 4.69) is 4.98 Å². The van der Waals surface area contributed by atoms with Crippen LogP contribution in [0.4, 0.5) is 15.9 Å². The smallest absolute Gasteiger partial charge is 0.153 e. The van der Waals surface area contributed by atoms with Crippen molar-refractivity contribution in [2.45, 2.75) is 11.4 Å². The fraction of sp³-hybridized carbons (Fsp3) is 0.261. The van der Waals surface area contributed by atoms with Crippen molar-refractivity contribution >= 4 is 75.0 Å². The quantitative estimate of drug-likeness (QED) is 0.308. The first-order chi connectivity index (χ1) is 17.5. The van der Waals surface area contributed by atoms with Gasteiger partial charge in [0.15, 0.2) is 11.5 Å². The van der Waals surface area contributed by atoms with E-state index in [1.54, 1.807) is 6.07 Å². The largest absolute Gasteiger partial charge is 0.513 e. The summed E-state index contributed by atoms with van der Waals surface area (Å²) in [5.41, 5.74) is 12.9. The average molecular weight is 484 g/mol. The predicted octanol–water partition coefficient (Wildman–Crippen LogP) is -1.61. The number of rotatable bonds is 7. The summed E-state index contributed by atoms with van der Waals surface area (Å²) >= 11 is 0. The number of anilines is 2. The maximum absolute atomic E-state index is 14.7. The molecule has 4 N–H and O–H groups in total. The average Bonchev–Trinajstić information content (AvgIpc) is 2.83. The van der Waals surface area contributed by atoms with E-state index < -0.39 is 11.1 Å². The first-order valence-electron chi connectivity index (χ1n) is 11.2. The highest BCUT2D eigenvalue weighted by Crippen LogP contribution is 2.33. The van der Waals surface area contributed by atoms with Gasteiger partial charge in [0.1, 0.15) is 71.4 Å². The molecular formula is C23H18B6FN3O4. The van der Waals surface area contributed by atoms with Gasteiger partial charge in [0.2, 0.25) is 0 Å². The summed E-state index contributed by atoms with van der Waals surface area (Å²) in [7, 11) is 36.3. The molecule has 3 aromatic rings. The third-order valence-electron chi connectivity index (χ3n) is 5.59. The van der Waals surface area contributed by atoms with Crippen LogP contribution in [0.2, 0.25) is 0 Å². The summed E-state index contributed by atoms with van der Waals surface area (Å²) in [6, 6.07) is 5.74. The lowest BCUT2D eigenvalue weighted by molar-refractivity contribution is -0.101. The van der Waals surface area contributed by atoms with E-state index in [0.717, 1.165) is 0 Å². The minimum atomic E-state index is -2.14. The van der Waals surface area contributed by atoms with Gasteiger partial charge < -0.3 is 30.4 Å². The highest BCUT2D eigenvalue weighted by atomic mass is 19.1. The molecule has 37 heavy (non-hydrogen) atoms. The normalized spacial score (nSPS) is 15.9. The second-order valence-corrected chi connectivity index (χ2v) is 8.50. The number of hydrogen-bond acceptors (Lipinski definition) is 7. The van der Waals surface area contributed by atoms with Crippen LogP contribution in [0.15, 0.2) is 30.5 Å². The van der Waals surface area contributed by atoms with E-state index in [1.807, 2.05) is 0 Å². The summed E-state index contributed by atoms with van der Waals surface area (Å²) < 4.78 is 37.1. The molecule has 0 amide bonds. The maximum Gasteiger partial charge on any atom is 0.153 e. The van der Waals surface area contributed by atoms with E-state index in [0.29, 0.717) is 25.4 Å². The van der Waals surface area contributed by atoms with Crippen molar-refractivity contribution in [1.82, 2.24) is 4.98 Å². The fourth-order valence-corrected chi connectivity index (χ4v) is 3.88. The zero-order valence-electron chi connectivity index (χ0n) is 19.9. The Morgan fingerprint density at radius 3 is 2.41 bits per heavy atom. The lowest BCUT2D eigenvalue weighted by Crippen LogP contribution is -2.43. The third kappa shape index (κ3) is 5.96. The molecule has 0 unspecified atom stereocenters. The number of aromatic nitrogens is 1. The van der Waals surface area contributed by atoms with E-state index in [9.17, 15) is 4.39 Å². The van der Waals surface area contributed by atoms with Crippen molar-refractivity contribution in [3.05, 3.63) is 36.3 Å². The fourth-order valence-electron chi connectivity index (χ4n) is 3.88. The number of pyridine rings is 1. The Kier molecular flexibility index (Phi) is 7.90. The van der Waals surface area contributed by atoms with Crippen LogP contribution in [0.5, 0.6) is 11.5 Å². The Morgan fingerprint density at radius 1 is 1.00 bits per heavy atom. The second kappa shape index (κ2) is 10.8. The van der Waals surface area contributed by atoms with Crippen LogP contribution >= 0.6 is 0 Å². The molecule has 14 heteroatoms. The van der Waals surface area contributed by atoms with Crippen LogP contribution < -0.4 is 37.3 Å². The van der Waals surface area contributed by atoms with Gasteiger partial charge in [-0.1, -0.05) is 10.9 Å². The zero-order chi connectivity index (χ0) is 26.9. The van der Waals surface area contributed by atoms with E-state index in [4.69, 9.17) is 77.5 Å². The van der Waals surface area contributed by atoms with Gasteiger partial charge in [-0.05, 0) is 46.2 Å². The molecule has 1 saturated heterocycles. The molecular weight excluding hydrogens is 466 g/mol. The molecule has 0 saturated carbocycles. The molecule has 0 spiro atoms. The number of ether oxygens (including phenoxy) is 4.